The van der Waals surface area contributed by atoms with E-state index in [1.165, 1.54) is 0 Å². The summed E-state index contributed by atoms with van der Waals surface area (Å²) in [4.78, 5) is 26.3. The maximum Gasteiger partial charge on any atom is 0.252 e. The van der Waals surface area contributed by atoms with Gasteiger partial charge >= 0.3 is 0 Å². The number of benzene rings is 2. The number of ketones is 1. The van der Waals surface area contributed by atoms with E-state index in [1.807, 2.05) is 44.2 Å². The van der Waals surface area contributed by atoms with Crippen molar-refractivity contribution in [2.24, 2.45) is 0 Å². The van der Waals surface area contributed by atoms with Gasteiger partial charge < -0.3 is 10.1 Å². The molecule has 1 saturated carbocycles. The number of nitrogens with one attached hydrogen (secondary N) is 1. The van der Waals surface area contributed by atoms with Crippen molar-refractivity contribution in [3.05, 3.63) is 64.7 Å². The number of hydrogen-bond donors (Lipinski definition) is 1. The lowest BCUT2D eigenvalue weighted by atomic mass is 9.85. The van der Waals surface area contributed by atoms with Crippen LogP contribution in [0.25, 0.3) is 0 Å². The fourth-order valence-corrected chi connectivity index (χ4v) is 3.84. The Hall–Kier alpha value is -2.62. The highest BCUT2D eigenvalue weighted by molar-refractivity contribution is 6.08. The fourth-order valence-electron chi connectivity index (χ4n) is 3.84. The first-order chi connectivity index (χ1) is 12.5. The quantitative estimate of drug-likeness (QED) is 0.820. The van der Waals surface area contributed by atoms with Crippen LogP contribution in [0.2, 0.25) is 0 Å². The van der Waals surface area contributed by atoms with Gasteiger partial charge in [0.25, 0.3) is 5.91 Å². The zero-order valence-electron chi connectivity index (χ0n) is 15.6. The molecule has 0 aliphatic heterocycles. The number of Topliss-reactive ketones (excluding diaryl/α,β-unsaturated/α-hetero) is 1. The van der Waals surface area contributed by atoms with Crippen molar-refractivity contribution in [1.29, 1.82) is 0 Å². The molecule has 4 nitrogen and oxygen atoms in total. The number of hydrogen-bond acceptors (Lipinski definition) is 3. The molecule has 136 valence electrons. The van der Waals surface area contributed by atoms with Crippen molar-refractivity contribution in [3.63, 3.8) is 0 Å². The molecule has 1 amide bonds. The summed E-state index contributed by atoms with van der Waals surface area (Å²) in [6, 6.07) is 13.0. The van der Waals surface area contributed by atoms with E-state index in [9.17, 15) is 9.59 Å². The van der Waals surface area contributed by atoms with Gasteiger partial charge in [0.15, 0.2) is 5.78 Å². The Morgan fingerprint density at radius 2 is 1.62 bits per heavy atom. The third kappa shape index (κ3) is 3.24. The lowest BCUT2D eigenvalue weighted by Crippen LogP contribution is -2.52. The fraction of sp³-hybridized carbons (Fsp3) is 0.364. The molecule has 0 radical (unpaired) electrons. The van der Waals surface area contributed by atoms with Gasteiger partial charge in [-0.05, 0) is 44.4 Å². The molecule has 26 heavy (non-hydrogen) atoms. The molecule has 1 aliphatic carbocycles. The highest BCUT2D eigenvalue weighted by Crippen LogP contribution is 2.34. The summed E-state index contributed by atoms with van der Waals surface area (Å²) in [5.41, 5.74) is 2.14. The molecule has 0 heterocycles. The number of ether oxygens (including phenoxy) is 1. The van der Waals surface area contributed by atoms with Crippen molar-refractivity contribution in [2.45, 2.75) is 45.1 Å². The van der Waals surface area contributed by atoms with E-state index in [2.05, 4.69) is 5.32 Å². The van der Waals surface area contributed by atoms with E-state index in [0.29, 0.717) is 29.7 Å². The maximum absolute atomic E-state index is 13.3. The second-order valence-electron chi connectivity index (χ2n) is 7.02. The number of rotatable bonds is 5. The lowest BCUT2D eigenvalue weighted by molar-refractivity contribution is 0.0769. The second-order valence-corrected chi connectivity index (χ2v) is 7.02. The first-order valence-electron chi connectivity index (χ1n) is 9.05. The molecule has 0 saturated heterocycles. The SMILES string of the molecule is COc1cccc(C(=O)NC2(C(=O)c3ccccc3C)CCCC2)c1C. The van der Waals surface area contributed by atoms with Crippen LogP contribution in [0.4, 0.5) is 0 Å². The summed E-state index contributed by atoms with van der Waals surface area (Å²) >= 11 is 0. The van der Waals surface area contributed by atoms with Crippen LogP contribution < -0.4 is 10.1 Å². The Labute approximate surface area is 154 Å². The standard InChI is InChI=1S/C22H25NO3/c1-15-9-4-5-10-17(15)20(24)22(13-6-7-14-22)23-21(25)18-11-8-12-19(26-3)16(18)2/h4-5,8-12H,6-7,13-14H2,1-3H3,(H,23,25). The van der Waals surface area contributed by atoms with Crippen LogP contribution in [0, 0.1) is 13.8 Å². The van der Waals surface area contributed by atoms with Crippen LogP contribution in [0.3, 0.4) is 0 Å². The summed E-state index contributed by atoms with van der Waals surface area (Å²) in [7, 11) is 1.59. The predicted molar refractivity (Wildman–Crippen MR) is 102 cm³/mol. The number of methoxy groups -OCH3 is 1. The highest BCUT2D eigenvalue weighted by Gasteiger charge is 2.43. The van der Waals surface area contributed by atoms with E-state index in [0.717, 1.165) is 24.0 Å². The summed E-state index contributed by atoms with van der Waals surface area (Å²) in [5.74, 6) is 0.468. The van der Waals surface area contributed by atoms with E-state index in [4.69, 9.17) is 4.74 Å². The number of carbonyl (C=O) groups is 2. The molecule has 2 aromatic carbocycles. The minimum atomic E-state index is -0.821. The minimum absolute atomic E-state index is 0.0157. The first kappa shape index (κ1) is 18.2. The molecular weight excluding hydrogens is 326 g/mol. The Kier molecular flexibility index (Phi) is 5.12. The van der Waals surface area contributed by atoms with Crippen LogP contribution in [0.1, 0.15) is 57.5 Å². The van der Waals surface area contributed by atoms with Crippen LogP contribution in [0.5, 0.6) is 5.75 Å². The lowest BCUT2D eigenvalue weighted by Gasteiger charge is -2.30. The van der Waals surface area contributed by atoms with Gasteiger partial charge in [-0.3, -0.25) is 9.59 Å². The second kappa shape index (κ2) is 7.32. The zero-order valence-corrected chi connectivity index (χ0v) is 15.6. The molecule has 2 aromatic rings. The summed E-state index contributed by atoms with van der Waals surface area (Å²) in [6.07, 6.45) is 3.23. The highest BCUT2D eigenvalue weighted by atomic mass is 16.5. The number of carbonyl (C=O) groups excluding carboxylic acids is 2. The molecule has 0 bridgehead atoms. The normalized spacial score (nSPS) is 15.5. The van der Waals surface area contributed by atoms with Crippen molar-refractivity contribution in [3.8, 4) is 5.75 Å². The van der Waals surface area contributed by atoms with Crippen molar-refractivity contribution in [1.82, 2.24) is 5.32 Å². The Balaban J connectivity index is 1.93. The van der Waals surface area contributed by atoms with Crippen molar-refractivity contribution >= 4 is 11.7 Å². The molecule has 0 aromatic heterocycles. The predicted octanol–water partition coefficient (Wildman–Crippen LogP) is 4.24. The smallest absolute Gasteiger partial charge is 0.252 e. The molecule has 0 atom stereocenters. The van der Waals surface area contributed by atoms with Gasteiger partial charge in [-0.25, -0.2) is 0 Å². The molecule has 0 spiro atoms. The van der Waals surface area contributed by atoms with Crippen molar-refractivity contribution in [2.75, 3.05) is 7.11 Å². The van der Waals surface area contributed by atoms with E-state index in [1.54, 1.807) is 19.2 Å². The van der Waals surface area contributed by atoms with Crippen molar-refractivity contribution < 1.29 is 14.3 Å². The molecule has 0 unspecified atom stereocenters. The summed E-state index contributed by atoms with van der Waals surface area (Å²) in [5, 5.41) is 3.08. The zero-order chi connectivity index (χ0) is 18.7. The van der Waals surface area contributed by atoms with Gasteiger partial charge in [-0.1, -0.05) is 43.2 Å². The number of aryl methyl sites for hydroxylation is 1. The molecule has 1 N–H and O–H groups in total. The maximum atomic E-state index is 13.3. The average Bonchev–Trinajstić information content (AvgIpc) is 3.11. The molecule has 3 rings (SSSR count). The topological polar surface area (TPSA) is 55.4 Å². The largest absolute Gasteiger partial charge is 0.496 e. The van der Waals surface area contributed by atoms with Crippen LogP contribution in [-0.2, 0) is 0 Å². The van der Waals surface area contributed by atoms with Gasteiger partial charge in [-0.2, -0.15) is 0 Å². The molecule has 4 heteroatoms. The van der Waals surface area contributed by atoms with E-state index < -0.39 is 5.54 Å². The van der Waals surface area contributed by atoms with Crippen LogP contribution in [0.15, 0.2) is 42.5 Å². The number of amides is 1. The van der Waals surface area contributed by atoms with Gasteiger partial charge in [-0.15, -0.1) is 0 Å². The third-order valence-electron chi connectivity index (χ3n) is 5.38. The van der Waals surface area contributed by atoms with Gasteiger partial charge in [0, 0.05) is 16.7 Å². The van der Waals surface area contributed by atoms with Gasteiger partial charge in [0.2, 0.25) is 0 Å². The third-order valence-corrected chi connectivity index (χ3v) is 5.38. The van der Waals surface area contributed by atoms with E-state index in [-0.39, 0.29) is 11.7 Å². The first-order valence-corrected chi connectivity index (χ1v) is 9.05. The van der Waals surface area contributed by atoms with Crippen LogP contribution >= 0.6 is 0 Å². The van der Waals surface area contributed by atoms with Crippen LogP contribution in [-0.4, -0.2) is 24.3 Å². The van der Waals surface area contributed by atoms with Gasteiger partial charge in [0.1, 0.15) is 11.3 Å². The Bertz CT molecular complexity index is 835. The average molecular weight is 351 g/mol. The summed E-state index contributed by atoms with van der Waals surface area (Å²) in [6.45, 7) is 3.79. The van der Waals surface area contributed by atoms with E-state index >= 15 is 0 Å². The Morgan fingerprint density at radius 3 is 2.27 bits per heavy atom. The molecule has 1 aliphatic rings. The minimum Gasteiger partial charge on any atom is -0.496 e. The Morgan fingerprint density at radius 1 is 0.962 bits per heavy atom. The summed E-state index contributed by atoms with van der Waals surface area (Å²) < 4.78 is 5.32. The van der Waals surface area contributed by atoms with Gasteiger partial charge in [0.05, 0.1) is 7.11 Å². The molecule has 1 fully saturated rings. The molecular formula is C22H25NO3. The monoisotopic (exact) mass is 351 g/mol.